The summed E-state index contributed by atoms with van der Waals surface area (Å²) in [6.45, 7) is 1.88. The molecule has 0 radical (unpaired) electrons. The van der Waals surface area contributed by atoms with Gasteiger partial charge in [0.25, 0.3) is 11.4 Å². The summed E-state index contributed by atoms with van der Waals surface area (Å²) in [5.74, 6) is -0.921. The summed E-state index contributed by atoms with van der Waals surface area (Å²) in [5.41, 5.74) is -0.0773. The van der Waals surface area contributed by atoms with Gasteiger partial charge in [0.05, 0.1) is 6.61 Å². The molecule has 0 atom stereocenters. The van der Waals surface area contributed by atoms with E-state index in [1.165, 1.54) is 12.1 Å². The number of ether oxygens (including phenoxy) is 1. The molecule has 2 aromatic heterocycles. The number of nitrogens with one attached hydrogen (secondary N) is 1. The average Bonchev–Trinajstić information content (AvgIpc) is 2.80. The molecular formula is C9H8N4O4. The molecule has 17 heavy (non-hydrogen) atoms. The quantitative estimate of drug-likeness (QED) is 0.746. The molecule has 0 unspecified atom stereocenters. The number of nitrogens with zero attached hydrogens (tertiary/aromatic N) is 3. The Morgan fingerprint density at radius 2 is 2.29 bits per heavy atom. The van der Waals surface area contributed by atoms with E-state index >= 15 is 0 Å². The number of esters is 1. The second kappa shape index (κ2) is 4.56. The van der Waals surface area contributed by atoms with Gasteiger partial charge in [0.1, 0.15) is 5.69 Å². The first-order chi connectivity index (χ1) is 8.20. The average molecular weight is 236 g/mol. The topological polar surface area (TPSA) is 111 Å². The van der Waals surface area contributed by atoms with Crippen molar-refractivity contribution in [2.45, 2.75) is 6.92 Å². The lowest BCUT2D eigenvalue weighted by atomic mass is 10.4. The van der Waals surface area contributed by atoms with Crippen molar-refractivity contribution in [3.8, 4) is 11.6 Å². The highest BCUT2D eigenvalue weighted by molar-refractivity contribution is 5.84. The summed E-state index contributed by atoms with van der Waals surface area (Å²) in [6.07, 6.45) is 0. The molecule has 0 aromatic carbocycles. The van der Waals surface area contributed by atoms with E-state index in [1.807, 2.05) is 0 Å². The molecule has 0 aliphatic heterocycles. The van der Waals surface area contributed by atoms with Gasteiger partial charge in [-0.15, -0.1) is 10.2 Å². The normalized spacial score (nSPS) is 10.2. The second-order valence-electron chi connectivity index (χ2n) is 2.94. The number of rotatable bonds is 3. The molecule has 2 aromatic rings. The molecule has 0 aliphatic rings. The molecular weight excluding hydrogens is 228 g/mol. The number of hydrogen-bond donors (Lipinski definition) is 1. The van der Waals surface area contributed by atoms with Crippen molar-refractivity contribution in [1.29, 1.82) is 0 Å². The summed E-state index contributed by atoms with van der Waals surface area (Å²) < 4.78 is 9.73. The Bertz CT molecular complexity index is 568. The zero-order chi connectivity index (χ0) is 12.3. The lowest BCUT2D eigenvalue weighted by molar-refractivity contribution is 0.0481. The van der Waals surface area contributed by atoms with Crippen molar-refractivity contribution in [3.63, 3.8) is 0 Å². The van der Waals surface area contributed by atoms with Crippen LogP contribution in [0.1, 0.15) is 17.6 Å². The van der Waals surface area contributed by atoms with Crippen LogP contribution in [0.15, 0.2) is 21.3 Å². The number of aromatic nitrogens is 4. The van der Waals surface area contributed by atoms with Gasteiger partial charge in [-0.25, -0.2) is 9.89 Å². The number of H-pyrrole nitrogens is 1. The second-order valence-corrected chi connectivity index (χ2v) is 2.94. The van der Waals surface area contributed by atoms with Crippen LogP contribution in [-0.4, -0.2) is 33.0 Å². The predicted octanol–water partition coefficient (Wildman–Crippen LogP) is -0.00340. The third-order valence-corrected chi connectivity index (χ3v) is 1.77. The van der Waals surface area contributed by atoms with E-state index in [0.717, 1.165) is 0 Å². The van der Waals surface area contributed by atoms with E-state index in [4.69, 9.17) is 4.42 Å². The lowest BCUT2D eigenvalue weighted by Gasteiger charge is -1.94. The molecule has 2 heterocycles. The third kappa shape index (κ3) is 2.36. The Morgan fingerprint density at radius 1 is 1.47 bits per heavy atom. The van der Waals surface area contributed by atoms with Crippen molar-refractivity contribution < 1.29 is 13.9 Å². The third-order valence-electron chi connectivity index (χ3n) is 1.77. The van der Waals surface area contributed by atoms with Crippen molar-refractivity contribution in [2.24, 2.45) is 0 Å². The van der Waals surface area contributed by atoms with Crippen LogP contribution in [0.3, 0.4) is 0 Å². The molecule has 8 nitrogen and oxygen atoms in total. The van der Waals surface area contributed by atoms with E-state index in [-0.39, 0.29) is 29.6 Å². The van der Waals surface area contributed by atoms with E-state index in [0.29, 0.717) is 0 Å². The minimum absolute atomic E-state index is 0.0318. The fourth-order valence-electron chi connectivity index (χ4n) is 1.07. The zero-order valence-electron chi connectivity index (χ0n) is 8.84. The number of hydrogen-bond acceptors (Lipinski definition) is 7. The molecule has 0 spiro atoms. The first kappa shape index (κ1) is 11.0. The molecule has 8 heteroatoms. The summed E-state index contributed by atoms with van der Waals surface area (Å²) >= 11 is 0. The first-order valence-electron chi connectivity index (χ1n) is 4.77. The number of aromatic amines is 1. The van der Waals surface area contributed by atoms with Crippen molar-refractivity contribution >= 4 is 5.97 Å². The van der Waals surface area contributed by atoms with Gasteiger partial charge in [-0.3, -0.25) is 4.79 Å². The van der Waals surface area contributed by atoms with Crippen molar-refractivity contribution in [2.75, 3.05) is 6.61 Å². The van der Waals surface area contributed by atoms with Gasteiger partial charge in [-0.05, 0) is 13.0 Å². The summed E-state index contributed by atoms with van der Waals surface area (Å²) in [4.78, 5) is 22.0. The van der Waals surface area contributed by atoms with Gasteiger partial charge >= 0.3 is 11.9 Å². The SMILES string of the molecule is CCOC(=O)c1nnc(-c2ccc(=O)[nH]n2)o1. The van der Waals surface area contributed by atoms with Crippen LogP contribution >= 0.6 is 0 Å². The van der Waals surface area contributed by atoms with Gasteiger partial charge < -0.3 is 9.15 Å². The minimum Gasteiger partial charge on any atom is -0.459 e. The van der Waals surface area contributed by atoms with E-state index in [2.05, 4.69) is 25.1 Å². The van der Waals surface area contributed by atoms with Gasteiger partial charge in [-0.2, -0.15) is 5.10 Å². The zero-order valence-corrected chi connectivity index (χ0v) is 8.84. The van der Waals surface area contributed by atoms with Crippen LogP contribution in [-0.2, 0) is 4.74 Å². The van der Waals surface area contributed by atoms with Gasteiger partial charge in [0, 0.05) is 6.07 Å². The van der Waals surface area contributed by atoms with Gasteiger partial charge in [-0.1, -0.05) is 0 Å². The van der Waals surface area contributed by atoms with Crippen LogP contribution in [0.2, 0.25) is 0 Å². The van der Waals surface area contributed by atoms with Gasteiger partial charge in [0.15, 0.2) is 0 Å². The van der Waals surface area contributed by atoms with E-state index in [1.54, 1.807) is 6.92 Å². The van der Waals surface area contributed by atoms with E-state index in [9.17, 15) is 9.59 Å². The minimum atomic E-state index is -0.698. The Kier molecular flexibility index (Phi) is 2.95. The van der Waals surface area contributed by atoms with Crippen LogP contribution in [0.5, 0.6) is 0 Å². The first-order valence-corrected chi connectivity index (χ1v) is 4.77. The maximum absolute atomic E-state index is 11.2. The smallest absolute Gasteiger partial charge is 0.396 e. The highest BCUT2D eigenvalue weighted by Gasteiger charge is 2.17. The fraction of sp³-hybridized carbons (Fsp3) is 0.222. The van der Waals surface area contributed by atoms with Gasteiger partial charge in [0.2, 0.25) is 0 Å². The van der Waals surface area contributed by atoms with Crippen molar-refractivity contribution in [1.82, 2.24) is 20.4 Å². The number of carbonyl (C=O) groups is 1. The molecule has 0 bridgehead atoms. The molecule has 1 N–H and O–H groups in total. The summed E-state index contributed by atoms with van der Waals surface area (Å²) in [6, 6.07) is 2.66. The molecule has 0 aliphatic carbocycles. The molecule has 88 valence electrons. The lowest BCUT2D eigenvalue weighted by Crippen LogP contribution is -2.05. The van der Waals surface area contributed by atoms with Crippen molar-refractivity contribution in [3.05, 3.63) is 28.4 Å². The summed E-state index contributed by atoms with van der Waals surface area (Å²) in [7, 11) is 0. The maximum Gasteiger partial charge on any atom is 0.396 e. The van der Waals surface area contributed by atoms with E-state index < -0.39 is 5.97 Å². The maximum atomic E-state index is 11.2. The molecule has 0 fully saturated rings. The van der Waals surface area contributed by atoms with Crippen LogP contribution in [0.25, 0.3) is 11.6 Å². The highest BCUT2D eigenvalue weighted by atomic mass is 16.5. The Balaban J connectivity index is 2.26. The van der Waals surface area contributed by atoms with Crippen LogP contribution < -0.4 is 5.56 Å². The summed E-state index contributed by atoms with van der Waals surface area (Å²) in [5, 5.41) is 13.0. The Hall–Kier alpha value is -2.51. The standard InChI is InChI=1S/C9H8N4O4/c1-2-16-9(15)8-13-12-7(17-8)5-3-4-6(14)11-10-5/h3-4H,2H2,1H3,(H,11,14). The highest BCUT2D eigenvalue weighted by Crippen LogP contribution is 2.13. The largest absolute Gasteiger partial charge is 0.459 e. The van der Waals surface area contributed by atoms with Crippen LogP contribution in [0, 0.1) is 0 Å². The Morgan fingerprint density at radius 3 is 2.94 bits per heavy atom. The molecule has 0 amide bonds. The Labute approximate surface area is 94.6 Å². The molecule has 0 saturated carbocycles. The molecule has 2 rings (SSSR count). The van der Waals surface area contributed by atoms with Crippen LogP contribution in [0.4, 0.5) is 0 Å². The monoisotopic (exact) mass is 236 g/mol. The predicted molar refractivity (Wildman–Crippen MR) is 54.1 cm³/mol. The number of carbonyl (C=O) groups excluding carboxylic acids is 1. The molecule has 0 saturated heterocycles. The fourth-order valence-corrected chi connectivity index (χ4v) is 1.07.